The Morgan fingerprint density at radius 1 is 1.23 bits per heavy atom. The van der Waals surface area contributed by atoms with Gasteiger partial charge in [0.05, 0.1) is 34.1 Å². The maximum Gasteiger partial charge on any atom is 0.261 e. The summed E-state index contributed by atoms with van der Waals surface area (Å²) in [6, 6.07) is 7.65. The fourth-order valence-corrected chi connectivity index (χ4v) is 4.49. The number of benzene rings is 1. The van der Waals surface area contributed by atoms with Crippen molar-refractivity contribution < 1.29 is 4.74 Å². The summed E-state index contributed by atoms with van der Waals surface area (Å²) < 4.78 is 5.50. The summed E-state index contributed by atoms with van der Waals surface area (Å²) >= 11 is 0. The van der Waals surface area contributed by atoms with Crippen molar-refractivity contribution in [1.82, 2.24) is 24.9 Å². The molecule has 0 aliphatic carbocycles. The summed E-state index contributed by atoms with van der Waals surface area (Å²) in [5, 5.41) is 3.34. The molecule has 4 heterocycles. The quantitative estimate of drug-likeness (QED) is 0.314. The molecule has 10 nitrogen and oxygen atoms in total. The molecule has 0 spiro atoms. The van der Waals surface area contributed by atoms with Crippen LogP contribution < -0.4 is 16.6 Å². The number of nitrogens with two attached hydrogens (primary N) is 1. The molecule has 4 aromatic rings. The number of nitrogen functional groups attached to an aromatic ring is 1. The molecule has 0 amide bonds. The van der Waals surface area contributed by atoms with Gasteiger partial charge in [0.25, 0.3) is 5.56 Å². The lowest BCUT2D eigenvalue weighted by Gasteiger charge is -2.22. The van der Waals surface area contributed by atoms with Gasteiger partial charge in [0.2, 0.25) is 0 Å². The van der Waals surface area contributed by atoms with E-state index in [-0.39, 0.29) is 11.6 Å². The molecule has 0 radical (unpaired) electrons. The van der Waals surface area contributed by atoms with Crippen molar-refractivity contribution in [3.05, 3.63) is 64.1 Å². The SMILES string of the molecule is CN=Cc1[nH]c(=O)c(-c2nc3ccc(C4CCOCC4)cc3[nH]2)c(N[C@@H](C)c2ncccn2)c1N. The predicted octanol–water partition coefficient (Wildman–Crippen LogP) is 3.41. The summed E-state index contributed by atoms with van der Waals surface area (Å²) in [6.45, 7) is 3.46. The number of H-pyrrole nitrogens is 2. The number of rotatable bonds is 6. The van der Waals surface area contributed by atoms with Crippen molar-refractivity contribution >= 4 is 28.6 Å². The Bertz CT molecular complexity index is 1420. The van der Waals surface area contributed by atoms with Crippen molar-refractivity contribution in [3.8, 4) is 11.4 Å². The molecule has 1 aliphatic heterocycles. The molecule has 1 atom stereocenters. The third-order valence-electron chi connectivity index (χ3n) is 6.31. The van der Waals surface area contributed by atoms with E-state index in [0.29, 0.717) is 40.2 Å². The average Bonchev–Trinajstić information content (AvgIpc) is 3.31. The van der Waals surface area contributed by atoms with Crippen LogP contribution in [0.1, 0.15) is 48.8 Å². The van der Waals surface area contributed by atoms with Crippen LogP contribution in [0, 0.1) is 0 Å². The predicted molar refractivity (Wildman–Crippen MR) is 137 cm³/mol. The number of aliphatic imine (C=N–C) groups is 1. The number of pyridine rings is 1. The molecule has 5 rings (SSSR count). The second-order valence-electron chi connectivity index (χ2n) is 8.64. The third kappa shape index (κ3) is 4.52. The molecule has 0 unspecified atom stereocenters. The number of aromatic nitrogens is 5. The lowest BCUT2D eigenvalue weighted by atomic mass is 9.91. The topological polar surface area (TPSA) is 147 Å². The first-order valence-electron chi connectivity index (χ1n) is 11.6. The Balaban J connectivity index is 1.60. The van der Waals surface area contributed by atoms with E-state index in [4.69, 9.17) is 15.5 Å². The number of aromatic amines is 2. The number of ether oxygens (including phenoxy) is 1. The minimum atomic E-state index is -0.332. The summed E-state index contributed by atoms with van der Waals surface area (Å²) in [6.07, 6.45) is 6.86. The zero-order valence-electron chi connectivity index (χ0n) is 19.7. The van der Waals surface area contributed by atoms with Gasteiger partial charge in [-0.05, 0) is 49.4 Å². The van der Waals surface area contributed by atoms with Gasteiger partial charge in [-0.1, -0.05) is 6.07 Å². The van der Waals surface area contributed by atoms with Crippen LogP contribution in [-0.2, 0) is 4.74 Å². The van der Waals surface area contributed by atoms with Gasteiger partial charge in [-0.25, -0.2) is 15.0 Å². The maximum absolute atomic E-state index is 13.3. The Kier molecular flexibility index (Phi) is 6.28. The molecule has 0 saturated carbocycles. The molecule has 35 heavy (non-hydrogen) atoms. The van der Waals surface area contributed by atoms with E-state index >= 15 is 0 Å². The van der Waals surface area contributed by atoms with Crippen molar-refractivity contribution in [3.63, 3.8) is 0 Å². The fraction of sp³-hybridized carbons (Fsp3) is 0.320. The first kappa shape index (κ1) is 22.7. The molecular weight excluding hydrogens is 444 g/mol. The minimum Gasteiger partial charge on any atom is -0.395 e. The lowest BCUT2D eigenvalue weighted by molar-refractivity contribution is 0.0853. The van der Waals surface area contributed by atoms with Gasteiger partial charge in [0, 0.05) is 38.9 Å². The van der Waals surface area contributed by atoms with Crippen molar-refractivity contribution in [1.29, 1.82) is 0 Å². The van der Waals surface area contributed by atoms with Crippen LogP contribution in [-0.4, -0.2) is 51.4 Å². The molecule has 1 saturated heterocycles. The zero-order chi connectivity index (χ0) is 24.4. The van der Waals surface area contributed by atoms with E-state index < -0.39 is 0 Å². The van der Waals surface area contributed by atoms with Crippen molar-refractivity contribution in [2.24, 2.45) is 4.99 Å². The molecule has 5 N–H and O–H groups in total. The Hall–Kier alpha value is -4.05. The molecule has 3 aromatic heterocycles. The second-order valence-corrected chi connectivity index (χ2v) is 8.64. The van der Waals surface area contributed by atoms with E-state index in [1.807, 2.05) is 13.0 Å². The van der Waals surface area contributed by atoms with Crippen LogP contribution in [0.4, 0.5) is 11.4 Å². The van der Waals surface area contributed by atoms with Crippen LogP contribution in [0.5, 0.6) is 0 Å². The monoisotopic (exact) mass is 472 g/mol. The highest BCUT2D eigenvalue weighted by Gasteiger charge is 2.23. The van der Waals surface area contributed by atoms with E-state index in [2.05, 4.69) is 42.4 Å². The Morgan fingerprint density at radius 2 is 2.00 bits per heavy atom. The molecule has 1 aromatic carbocycles. The summed E-state index contributed by atoms with van der Waals surface area (Å²) in [5.74, 6) is 1.46. The van der Waals surface area contributed by atoms with Crippen molar-refractivity contribution in [2.75, 3.05) is 31.3 Å². The van der Waals surface area contributed by atoms with Gasteiger partial charge in [-0.3, -0.25) is 9.79 Å². The zero-order valence-corrected chi connectivity index (χ0v) is 19.7. The normalized spacial score (nSPS) is 15.6. The number of nitrogens with one attached hydrogen (secondary N) is 3. The standard InChI is InChI=1S/C25H28N8O2/c1-14(23-28-8-3-9-29-23)30-22-20(25(34)33-19(13-27-2)21(22)26)24-31-17-5-4-16(12-18(17)32-24)15-6-10-35-11-7-15/h3-5,8-9,12-15H,6-7,10-11,26H2,1-2H3,(H,31,32)(H2,30,33,34)/t14-/m0/s1. The van der Waals surface area contributed by atoms with Gasteiger partial charge < -0.3 is 25.8 Å². The number of fused-ring (bicyclic) bond motifs is 1. The molecule has 0 bridgehead atoms. The van der Waals surface area contributed by atoms with E-state index in [9.17, 15) is 4.79 Å². The van der Waals surface area contributed by atoms with Gasteiger partial charge in [-0.15, -0.1) is 0 Å². The van der Waals surface area contributed by atoms with E-state index in [1.54, 1.807) is 25.5 Å². The second kappa shape index (κ2) is 9.67. The van der Waals surface area contributed by atoms with Gasteiger partial charge in [0.1, 0.15) is 17.2 Å². The van der Waals surface area contributed by atoms with Gasteiger partial charge in [-0.2, -0.15) is 0 Å². The van der Waals surface area contributed by atoms with Crippen LogP contribution in [0.25, 0.3) is 22.4 Å². The Morgan fingerprint density at radius 3 is 2.74 bits per heavy atom. The molecule has 1 fully saturated rings. The highest BCUT2D eigenvalue weighted by atomic mass is 16.5. The summed E-state index contributed by atoms with van der Waals surface area (Å²) in [5.41, 5.74) is 10.6. The van der Waals surface area contributed by atoms with Crippen LogP contribution >= 0.6 is 0 Å². The van der Waals surface area contributed by atoms with E-state index in [0.717, 1.165) is 37.1 Å². The lowest BCUT2D eigenvalue weighted by Crippen LogP contribution is -2.21. The highest BCUT2D eigenvalue weighted by molar-refractivity contribution is 5.95. The van der Waals surface area contributed by atoms with Gasteiger partial charge in [0.15, 0.2) is 0 Å². The Labute approximate surface area is 202 Å². The number of hydrogen-bond donors (Lipinski definition) is 4. The number of imidazole rings is 1. The number of anilines is 2. The first-order chi connectivity index (χ1) is 17.0. The van der Waals surface area contributed by atoms with Crippen LogP contribution in [0.3, 0.4) is 0 Å². The van der Waals surface area contributed by atoms with Crippen LogP contribution in [0.15, 0.2) is 46.4 Å². The fourth-order valence-electron chi connectivity index (χ4n) is 4.49. The smallest absolute Gasteiger partial charge is 0.261 e. The molecular formula is C25H28N8O2. The van der Waals surface area contributed by atoms with Crippen LogP contribution in [0.2, 0.25) is 0 Å². The largest absolute Gasteiger partial charge is 0.395 e. The molecule has 180 valence electrons. The average molecular weight is 473 g/mol. The number of hydrogen-bond acceptors (Lipinski definition) is 8. The van der Waals surface area contributed by atoms with E-state index in [1.165, 1.54) is 11.8 Å². The number of nitrogens with zero attached hydrogens (tertiary/aromatic N) is 4. The summed E-state index contributed by atoms with van der Waals surface area (Å²) in [7, 11) is 1.62. The maximum atomic E-state index is 13.3. The first-order valence-corrected chi connectivity index (χ1v) is 11.6. The highest BCUT2D eigenvalue weighted by Crippen LogP contribution is 2.34. The minimum absolute atomic E-state index is 0.310. The molecule has 1 aliphatic rings. The van der Waals surface area contributed by atoms with Crippen molar-refractivity contribution in [2.45, 2.75) is 31.7 Å². The third-order valence-corrected chi connectivity index (χ3v) is 6.31. The summed E-state index contributed by atoms with van der Waals surface area (Å²) in [4.78, 5) is 36.8. The van der Waals surface area contributed by atoms with Gasteiger partial charge >= 0.3 is 0 Å². The molecule has 10 heteroatoms.